The molecule has 3 heterocycles. The number of aromatic hydroxyl groups is 4. The third-order valence-corrected chi connectivity index (χ3v) is 7.35. The van der Waals surface area contributed by atoms with Crippen LogP contribution in [-0.2, 0) is 14.2 Å². The number of phenols is 4. The Morgan fingerprint density at radius 2 is 1.36 bits per heavy atom. The average Bonchev–Trinajstić information content (AvgIpc) is 2.98. The zero-order valence-electron chi connectivity index (χ0n) is 22.4. The number of aliphatic hydroxyl groups excluding tert-OH is 7. The molecule has 0 spiro atoms. The standard InChI is InChI=1S/C27H30O17/c28-6-14-17(34)19(36)21(38)26(41-14)43-24-15(7-29)42-27(22(39)20(24)37)44-25-18(35)16-12(33)4-9(30)5-13(16)40-23(25)8-1-2-10(31)11(32)3-8/h1-5,14-15,17,19-22,24,26-34,36-39H,6-7H2/t14-,15+,17-,19+,20+,21+,22+,24+,26+,27-/m1/s1. The molecule has 44 heavy (non-hydrogen) atoms. The molecular formula is C27H30O17. The van der Waals surface area contributed by atoms with Crippen molar-refractivity contribution in [2.75, 3.05) is 13.2 Å². The fourth-order valence-electron chi connectivity index (χ4n) is 5.00. The minimum atomic E-state index is -2.04. The Labute approximate surface area is 246 Å². The zero-order valence-corrected chi connectivity index (χ0v) is 22.4. The lowest BCUT2D eigenvalue weighted by Crippen LogP contribution is -2.65. The van der Waals surface area contributed by atoms with Gasteiger partial charge in [-0.2, -0.15) is 0 Å². The molecule has 0 aliphatic carbocycles. The number of hydrogen-bond donors (Lipinski definition) is 11. The fourth-order valence-corrected chi connectivity index (χ4v) is 5.00. The van der Waals surface area contributed by atoms with Crippen LogP contribution in [0.5, 0.6) is 28.7 Å². The van der Waals surface area contributed by atoms with Gasteiger partial charge in [0.1, 0.15) is 71.3 Å². The molecule has 17 heteroatoms. The van der Waals surface area contributed by atoms with Crippen LogP contribution in [0, 0.1) is 0 Å². The summed E-state index contributed by atoms with van der Waals surface area (Å²) in [5, 5.41) is 111. The van der Waals surface area contributed by atoms with E-state index in [1.165, 1.54) is 6.07 Å². The minimum Gasteiger partial charge on any atom is -0.508 e. The summed E-state index contributed by atoms with van der Waals surface area (Å²) in [5.41, 5.74) is -1.41. The minimum absolute atomic E-state index is 0.0504. The van der Waals surface area contributed by atoms with Gasteiger partial charge in [0.2, 0.25) is 17.5 Å². The highest BCUT2D eigenvalue weighted by molar-refractivity contribution is 5.88. The van der Waals surface area contributed by atoms with Crippen LogP contribution >= 0.6 is 0 Å². The van der Waals surface area contributed by atoms with Crippen LogP contribution in [0.15, 0.2) is 39.5 Å². The molecule has 0 bridgehead atoms. The van der Waals surface area contributed by atoms with Gasteiger partial charge in [-0.15, -0.1) is 0 Å². The van der Waals surface area contributed by atoms with Crippen molar-refractivity contribution in [3.05, 3.63) is 40.6 Å². The number of rotatable bonds is 7. The second kappa shape index (κ2) is 12.3. The van der Waals surface area contributed by atoms with Crippen LogP contribution in [0.3, 0.4) is 0 Å². The Kier molecular flexibility index (Phi) is 8.87. The zero-order chi connectivity index (χ0) is 32.0. The van der Waals surface area contributed by atoms with Crippen molar-refractivity contribution in [1.29, 1.82) is 0 Å². The summed E-state index contributed by atoms with van der Waals surface area (Å²) >= 11 is 0. The van der Waals surface area contributed by atoms with Gasteiger partial charge in [0.05, 0.1) is 13.2 Å². The van der Waals surface area contributed by atoms with E-state index in [4.69, 9.17) is 23.4 Å². The predicted molar refractivity (Wildman–Crippen MR) is 142 cm³/mol. The van der Waals surface area contributed by atoms with E-state index in [1.54, 1.807) is 0 Å². The molecular weight excluding hydrogens is 596 g/mol. The van der Waals surface area contributed by atoms with E-state index in [1.807, 2.05) is 0 Å². The Hall–Kier alpha value is -3.75. The lowest BCUT2D eigenvalue weighted by molar-refractivity contribution is -0.352. The Balaban J connectivity index is 1.49. The van der Waals surface area contributed by atoms with Gasteiger partial charge in [-0.25, -0.2) is 0 Å². The van der Waals surface area contributed by atoms with Gasteiger partial charge in [-0.1, -0.05) is 0 Å². The van der Waals surface area contributed by atoms with Crippen LogP contribution in [0.2, 0.25) is 0 Å². The van der Waals surface area contributed by atoms with Crippen LogP contribution in [0.4, 0.5) is 0 Å². The summed E-state index contributed by atoms with van der Waals surface area (Å²) in [6, 6.07) is 5.17. The summed E-state index contributed by atoms with van der Waals surface area (Å²) in [4.78, 5) is 13.6. The molecule has 3 aromatic rings. The van der Waals surface area contributed by atoms with E-state index < -0.39 is 120 Å². The Bertz CT molecular complexity index is 1550. The highest BCUT2D eigenvalue weighted by atomic mass is 16.7. The Morgan fingerprint density at radius 1 is 0.705 bits per heavy atom. The molecule has 240 valence electrons. The highest BCUT2D eigenvalue weighted by Crippen LogP contribution is 2.39. The van der Waals surface area contributed by atoms with E-state index in [2.05, 4.69) is 0 Å². The summed E-state index contributed by atoms with van der Waals surface area (Å²) in [7, 11) is 0. The molecule has 0 amide bonds. The normalized spacial score (nSPS) is 32.5. The van der Waals surface area contributed by atoms with E-state index in [9.17, 15) is 61.0 Å². The van der Waals surface area contributed by atoms with Crippen molar-refractivity contribution in [1.82, 2.24) is 0 Å². The van der Waals surface area contributed by atoms with Gasteiger partial charge < -0.3 is 79.5 Å². The van der Waals surface area contributed by atoms with Gasteiger partial charge in [0.15, 0.2) is 23.5 Å². The predicted octanol–water partition coefficient (Wildman–Crippen LogP) is -2.71. The molecule has 0 saturated carbocycles. The first-order chi connectivity index (χ1) is 20.9. The summed E-state index contributed by atoms with van der Waals surface area (Å²) in [6.07, 6.45) is -17.7. The van der Waals surface area contributed by atoms with Gasteiger partial charge >= 0.3 is 0 Å². The number of phenolic OH excluding ortho intramolecular Hbond substituents is 4. The molecule has 2 saturated heterocycles. The van der Waals surface area contributed by atoms with Crippen molar-refractivity contribution in [3.63, 3.8) is 0 Å². The molecule has 17 nitrogen and oxygen atoms in total. The topological polar surface area (TPSA) is 290 Å². The molecule has 2 aliphatic heterocycles. The second-order valence-electron chi connectivity index (χ2n) is 10.3. The lowest BCUT2D eigenvalue weighted by Gasteiger charge is -2.45. The first-order valence-electron chi connectivity index (χ1n) is 13.2. The average molecular weight is 627 g/mol. The molecule has 2 aliphatic rings. The molecule has 5 rings (SSSR count). The van der Waals surface area contributed by atoms with Crippen molar-refractivity contribution in [3.8, 4) is 40.1 Å². The van der Waals surface area contributed by atoms with Crippen molar-refractivity contribution in [2.24, 2.45) is 0 Å². The van der Waals surface area contributed by atoms with Crippen LogP contribution in [0.25, 0.3) is 22.3 Å². The van der Waals surface area contributed by atoms with E-state index >= 15 is 0 Å². The van der Waals surface area contributed by atoms with Crippen molar-refractivity contribution < 1.29 is 79.5 Å². The third-order valence-electron chi connectivity index (χ3n) is 7.35. The van der Waals surface area contributed by atoms with Crippen LogP contribution < -0.4 is 10.2 Å². The summed E-state index contributed by atoms with van der Waals surface area (Å²) < 4.78 is 27.8. The summed E-state index contributed by atoms with van der Waals surface area (Å²) in [5.74, 6) is -3.44. The van der Waals surface area contributed by atoms with E-state index in [0.717, 1.165) is 24.3 Å². The molecule has 0 radical (unpaired) electrons. The monoisotopic (exact) mass is 626 g/mol. The van der Waals surface area contributed by atoms with Crippen LogP contribution in [0.1, 0.15) is 0 Å². The SMILES string of the molecule is O=c1c(O[C@H]2O[C@@H](CO)[C@H](O[C@@H]3O[C@H](CO)[C@@H](O)[C@H](O)[C@@H]3O)[C@@H](O)[C@@H]2O)c(-c2ccc(O)c(O)c2)oc2cc(O)cc(O)c12. The second-order valence-corrected chi connectivity index (χ2v) is 10.3. The van der Waals surface area contributed by atoms with Gasteiger partial charge in [0, 0.05) is 17.7 Å². The van der Waals surface area contributed by atoms with Crippen molar-refractivity contribution >= 4 is 11.0 Å². The first kappa shape index (κ1) is 31.7. The summed E-state index contributed by atoms with van der Waals surface area (Å²) in [6.45, 7) is -1.67. The van der Waals surface area contributed by atoms with E-state index in [0.29, 0.717) is 0 Å². The third kappa shape index (κ3) is 5.61. The molecule has 10 atom stereocenters. The molecule has 2 fully saturated rings. The maximum Gasteiger partial charge on any atom is 0.239 e. The lowest BCUT2D eigenvalue weighted by atomic mass is 9.97. The number of hydrogen-bond acceptors (Lipinski definition) is 17. The number of aliphatic hydroxyl groups is 7. The fraction of sp³-hybridized carbons (Fsp3) is 0.444. The largest absolute Gasteiger partial charge is 0.508 e. The van der Waals surface area contributed by atoms with Gasteiger partial charge in [-0.05, 0) is 18.2 Å². The number of ether oxygens (including phenoxy) is 4. The van der Waals surface area contributed by atoms with Gasteiger partial charge in [0.25, 0.3) is 0 Å². The molecule has 0 unspecified atom stereocenters. The van der Waals surface area contributed by atoms with Crippen molar-refractivity contribution in [2.45, 2.75) is 61.4 Å². The van der Waals surface area contributed by atoms with Crippen LogP contribution in [-0.4, -0.2) is 131 Å². The quantitative estimate of drug-likeness (QED) is 0.119. The molecule has 1 aromatic heterocycles. The first-order valence-corrected chi connectivity index (χ1v) is 13.2. The smallest absolute Gasteiger partial charge is 0.239 e. The molecule has 2 aromatic carbocycles. The number of fused-ring (bicyclic) bond motifs is 1. The Morgan fingerprint density at radius 3 is 2.02 bits per heavy atom. The highest BCUT2D eigenvalue weighted by Gasteiger charge is 2.51. The number of benzene rings is 2. The molecule has 11 N–H and O–H groups in total. The van der Waals surface area contributed by atoms with Gasteiger partial charge in [-0.3, -0.25) is 4.79 Å². The van der Waals surface area contributed by atoms with E-state index in [-0.39, 0.29) is 11.1 Å². The maximum atomic E-state index is 13.6. The maximum absolute atomic E-state index is 13.6.